The molecule has 1 N–H and O–H groups in total. The number of hydrogen-bond donors (Lipinski definition) is 1. The average Bonchev–Trinajstić information content (AvgIpc) is 2.96. The van der Waals surface area contributed by atoms with Gasteiger partial charge in [-0.2, -0.15) is 0 Å². The maximum Gasteiger partial charge on any atom is 0.374 e. The molecule has 0 atom stereocenters. The van der Waals surface area contributed by atoms with Gasteiger partial charge in [0.1, 0.15) is 16.5 Å². The van der Waals surface area contributed by atoms with Crippen molar-refractivity contribution < 1.29 is 23.9 Å². The summed E-state index contributed by atoms with van der Waals surface area (Å²) in [6.07, 6.45) is 0.684. The molecule has 0 amide bonds. The Labute approximate surface area is 126 Å². The third kappa shape index (κ3) is 2.67. The van der Waals surface area contributed by atoms with E-state index in [0.717, 1.165) is 5.56 Å². The van der Waals surface area contributed by atoms with Crippen molar-refractivity contribution >= 4 is 17.6 Å². The van der Waals surface area contributed by atoms with Crippen LogP contribution in [0, 0.1) is 0 Å². The van der Waals surface area contributed by atoms with Crippen LogP contribution in [0.3, 0.4) is 0 Å². The second kappa shape index (κ2) is 6.05. The smallest absolute Gasteiger partial charge is 0.374 e. The predicted molar refractivity (Wildman–Crippen MR) is 76.4 cm³/mol. The van der Waals surface area contributed by atoms with Crippen LogP contribution in [0.1, 0.15) is 23.0 Å². The number of hydrogen-bond acceptors (Lipinski definition) is 5. The zero-order valence-electron chi connectivity index (χ0n) is 11.8. The highest BCUT2D eigenvalue weighted by Gasteiger charge is 2.22. The van der Waals surface area contributed by atoms with E-state index in [9.17, 15) is 4.79 Å². The molecule has 2 rings (SSSR count). The Kier molecular flexibility index (Phi) is 4.37. The quantitative estimate of drug-likeness (QED) is 0.912. The number of methoxy groups -OCH3 is 2. The molecule has 0 radical (unpaired) electrons. The van der Waals surface area contributed by atoms with Gasteiger partial charge in [-0.3, -0.25) is 0 Å². The summed E-state index contributed by atoms with van der Waals surface area (Å²) in [5.41, 5.74) is 1.75. The van der Waals surface area contributed by atoms with E-state index in [1.165, 1.54) is 20.3 Å². The van der Waals surface area contributed by atoms with Gasteiger partial charge in [0, 0.05) is 11.6 Å². The van der Waals surface area contributed by atoms with Gasteiger partial charge in [0.25, 0.3) is 0 Å². The summed E-state index contributed by atoms with van der Waals surface area (Å²) in [5, 5.41) is 13.0. The summed E-state index contributed by atoms with van der Waals surface area (Å²) < 4.78 is 15.4. The van der Waals surface area contributed by atoms with Crippen LogP contribution in [0.5, 0.6) is 11.5 Å². The van der Waals surface area contributed by atoms with Gasteiger partial charge in [0.2, 0.25) is 5.76 Å². The van der Waals surface area contributed by atoms with Crippen LogP contribution < -0.4 is 9.47 Å². The van der Waals surface area contributed by atoms with E-state index in [-0.39, 0.29) is 5.76 Å². The monoisotopic (exact) mass is 311 g/mol. The molecular formula is C14H14ClNO5. The number of rotatable bonds is 5. The number of carboxylic acids is 1. The van der Waals surface area contributed by atoms with Crippen molar-refractivity contribution in [3.05, 3.63) is 28.5 Å². The fourth-order valence-corrected chi connectivity index (χ4v) is 2.42. The SMILES string of the molecule is CCc1cc(-c2cc(C(=O)O)on2)c(OC)c(Cl)c1OC. The van der Waals surface area contributed by atoms with Crippen LogP contribution >= 0.6 is 11.6 Å². The van der Waals surface area contributed by atoms with Gasteiger partial charge in [-0.05, 0) is 18.1 Å². The molecule has 1 heterocycles. The molecule has 2 aromatic rings. The van der Waals surface area contributed by atoms with Crippen molar-refractivity contribution in [1.82, 2.24) is 5.16 Å². The molecule has 0 spiro atoms. The Morgan fingerprint density at radius 3 is 2.48 bits per heavy atom. The fraction of sp³-hybridized carbons (Fsp3) is 0.286. The molecule has 0 saturated carbocycles. The van der Waals surface area contributed by atoms with Gasteiger partial charge in [0.15, 0.2) is 5.75 Å². The van der Waals surface area contributed by atoms with Crippen molar-refractivity contribution in [2.45, 2.75) is 13.3 Å². The standard InChI is InChI=1S/C14H14ClNO5/c1-4-7-5-8(9-6-10(14(17)18)21-16-9)13(20-3)11(15)12(7)19-2/h5-6H,4H2,1-3H3,(H,17,18). The first kappa shape index (κ1) is 15.2. The van der Waals surface area contributed by atoms with Gasteiger partial charge in [-0.25, -0.2) is 4.79 Å². The first-order valence-electron chi connectivity index (χ1n) is 6.17. The van der Waals surface area contributed by atoms with Crippen LogP contribution in [0.2, 0.25) is 5.02 Å². The predicted octanol–water partition coefficient (Wildman–Crippen LogP) is 3.27. The highest BCUT2D eigenvalue weighted by molar-refractivity contribution is 6.34. The van der Waals surface area contributed by atoms with Crippen LogP contribution in [0.4, 0.5) is 0 Å². The Morgan fingerprint density at radius 2 is 2.00 bits per heavy atom. The number of carbonyl (C=O) groups is 1. The van der Waals surface area contributed by atoms with Gasteiger partial charge >= 0.3 is 5.97 Å². The lowest BCUT2D eigenvalue weighted by molar-refractivity contribution is 0.0652. The number of nitrogens with zero attached hydrogens (tertiary/aromatic N) is 1. The molecule has 0 aliphatic heterocycles. The minimum absolute atomic E-state index is 0.253. The maximum atomic E-state index is 10.9. The molecule has 6 nitrogen and oxygen atoms in total. The Hall–Kier alpha value is -2.21. The van der Waals surface area contributed by atoms with E-state index in [1.807, 2.05) is 6.92 Å². The second-order valence-electron chi connectivity index (χ2n) is 4.20. The first-order chi connectivity index (χ1) is 10.0. The molecule has 0 aliphatic carbocycles. The van der Waals surface area contributed by atoms with E-state index < -0.39 is 5.97 Å². The molecule has 1 aromatic heterocycles. The van der Waals surface area contributed by atoms with Gasteiger partial charge in [0.05, 0.1) is 14.2 Å². The van der Waals surface area contributed by atoms with Crippen molar-refractivity contribution in [1.29, 1.82) is 0 Å². The third-order valence-electron chi connectivity index (χ3n) is 3.04. The summed E-state index contributed by atoms with van der Waals surface area (Å²) in [7, 11) is 2.99. The van der Waals surface area contributed by atoms with Crippen molar-refractivity contribution in [2.24, 2.45) is 0 Å². The molecule has 0 fully saturated rings. The Bertz CT molecular complexity index is 680. The van der Waals surface area contributed by atoms with Crippen LogP contribution in [0.25, 0.3) is 11.3 Å². The number of aromatic nitrogens is 1. The average molecular weight is 312 g/mol. The third-order valence-corrected chi connectivity index (χ3v) is 3.38. The van der Waals surface area contributed by atoms with E-state index in [2.05, 4.69) is 5.16 Å². The number of ether oxygens (including phenoxy) is 2. The summed E-state index contributed by atoms with van der Waals surface area (Å²) in [5.74, 6) is -0.558. The molecule has 112 valence electrons. The topological polar surface area (TPSA) is 81.8 Å². The van der Waals surface area contributed by atoms with Crippen LogP contribution in [-0.2, 0) is 6.42 Å². The molecule has 0 aliphatic rings. The van der Waals surface area contributed by atoms with E-state index in [4.69, 9.17) is 30.7 Å². The number of aryl methyl sites for hydroxylation is 1. The molecule has 21 heavy (non-hydrogen) atoms. The fourth-order valence-electron chi connectivity index (χ4n) is 2.04. The minimum atomic E-state index is -1.19. The largest absolute Gasteiger partial charge is 0.495 e. The summed E-state index contributed by atoms with van der Waals surface area (Å²) in [6.45, 7) is 1.95. The number of halogens is 1. The molecule has 0 saturated heterocycles. The zero-order valence-corrected chi connectivity index (χ0v) is 12.5. The van der Waals surface area contributed by atoms with Crippen LogP contribution in [-0.4, -0.2) is 30.5 Å². The Morgan fingerprint density at radius 1 is 1.33 bits per heavy atom. The lowest BCUT2D eigenvalue weighted by atomic mass is 10.0. The summed E-state index contributed by atoms with van der Waals surface area (Å²) >= 11 is 6.29. The normalized spacial score (nSPS) is 10.5. The highest BCUT2D eigenvalue weighted by atomic mass is 35.5. The summed E-state index contributed by atoms with van der Waals surface area (Å²) in [6, 6.07) is 3.12. The van der Waals surface area contributed by atoms with Crippen molar-refractivity contribution in [3.63, 3.8) is 0 Å². The lowest BCUT2D eigenvalue weighted by Gasteiger charge is -2.15. The second-order valence-corrected chi connectivity index (χ2v) is 4.58. The zero-order chi connectivity index (χ0) is 15.6. The van der Waals surface area contributed by atoms with E-state index >= 15 is 0 Å². The number of carboxylic acid groups (broad SMARTS) is 1. The maximum absolute atomic E-state index is 10.9. The van der Waals surface area contributed by atoms with Crippen molar-refractivity contribution in [3.8, 4) is 22.8 Å². The molecular weight excluding hydrogens is 298 g/mol. The van der Waals surface area contributed by atoms with Crippen molar-refractivity contribution in [2.75, 3.05) is 14.2 Å². The first-order valence-corrected chi connectivity index (χ1v) is 6.55. The Balaban J connectivity index is 2.66. The number of aromatic carboxylic acids is 1. The lowest BCUT2D eigenvalue weighted by Crippen LogP contribution is -1.97. The van der Waals surface area contributed by atoms with Gasteiger partial charge < -0.3 is 19.1 Å². The van der Waals surface area contributed by atoms with E-state index in [1.54, 1.807) is 6.07 Å². The molecule has 7 heteroatoms. The highest BCUT2D eigenvalue weighted by Crippen LogP contribution is 2.44. The molecule has 0 bridgehead atoms. The van der Waals surface area contributed by atoms with Gasteiger partial charge in [-0.1, -0.05) is 23.7 Å². The molecule has 1 aromatic carbocycles. The summed E-state index contributed by atoms with van der Waals surface area (Å²) in [4.78, 5) is 10.9. The minimum Gasteiger partial charge on any atom is -0.495 e. The van der Waals surface area contributed by atoms with Crippen LogP contribution in [0.15, 0.2) is 16.7 Å². The number of benzene rings is 1. The van der Waals surface area contributed by atoms with E-state index in [0.29, 0.717) is 34.2 Å². The van der Waals surface area contributed by atoms with Gasteiger partial charge in [-0.15, -0.1) is 0 Å². The molecule has 0 unspecified atom stereocenters.